The normalized spacial score (nSPS) is 10.8. The van der Waals surface area contributed by atoms with Crippen LogP contribution in [0.5, 0.6) is 0 Å². The summed E-state index contributed by atoms with van der Waals surface area (Å²) in [7, 11) is 1.93. The molecule has 2 rings (SSSR count). The Kier molecular flexibility index (Phi) is 3.02. The molecule has 0 amide bonds. The second kappa shape index (κ2) is 4.28. The topological polar surface area (TPSA) is 33.6 Å². The van der Waals surface area contributed by atoms with Crippen molar-refractivity contribution in [1.82, 2.24) is 14.8 Å². The Labute approximate surface area is 97.8 Å². The molecule has 0 spiro atoms. The molecule has 0 atom stereocenters. The highest BCUT2D eigenvalue weighted by atomic mass is 32.1. The molecule has 0 aliphatic rings. The van der Waals surface area contributed by atoms with Gasteiger partial charge in [0.1, 0.15) is 0 Å². The summed E-state index contributed by atoms with van der Waals surface area (Å²) >= 11 is 6.87. The third kappa shape index (κ3) is 2.03. The molecular formula is C10H13N3S2. The zero-order chi connectivity index (χ0) is 10.8. The van der Waals surface area contributed by atoms with Crippen LogP contribution in [0.2, 0.25) is 0 Å². The number of rotatable bonds is 3. The fraction of sp³-hybridized carbons (Fsp3) is 0.400. The summed E-state index contributed by atoms with van der Waals surface area (Å²) in [5.74, 6) is 0.915. The van der Waals surface area contributed by atoms with E-state index in [1.165, 1.54) is 11.3 Å². The summed E-state index contributed by atoms with van der Waals surface area (Å²) in [5, 5.41) is 9.14. The Bertz CT molecular complexity index is 507. The van der Waals surface area contributed by atoms with Crippen LogP contribution in [-0.2, 0) is 13.5 Å². The molecular weight excluding hydrogens is 226 g/mol. The van der Waals surface area contributed by atoms with Crippen molar-refractivity contribution >= 4 is 23.6 Å². The molecule has 0 aromatic carbocycles. The van der Waals surface area contributed by atoms with E-state index in [4.69, 9.17) is 12.2 Å². The minimum atomic E-state index is 0.660. The van der Waals surface area contributed by atoms with Gasteiger partial charge in [0.2, 0.25) is 0 Å². The van der Waals surface area contributed by atoms with Crippen LogP contribution in [-0.4, -0.2) is 14.8 Å². The lowest BCUT2D eigenvalue weighted by molar-refractivity contribution is 0.901. The van der Waals surface area contributed by atoms with E-state index >= 15 is 0 Å². The maximum Gasteiger partial charge on any atom is 0.195 e. The summed E-state index contributed by atoms with van der Waals surface area (Å²) in [6, 6.07) is 2.19. The van der Waals surface area contributed by atoms with Crippen molar-refractivity contribution in [3.63, 3.8) is 0 Å². The Morgan fingerprint density at radius 2 is 2.40 bits per heavy atom. The number of hydrogen-bond acceptors (Lipinski definition) is 3. The SMILES string of the molecule is CCCc1cc(-c2n[nH]c(=S)n2C)cs1. The van der Waals surface area contributed by atoms with E-state index in [9.17, 15) is 0 Å². The molecule has 0 saturated carbocycles. The quantitative estimate of drug-likeness (QED) is 0.835. The molecule has 1 N–H and O–H groups in total. The van der Waals surface area contributed by atoms with Gasteiger partial charge in [0, 0.05) is 22.9 Å². The van der Waals surface area contributed by atoms with E-state index in [0.717, 1.165) is 17.8 Å². The average molecular weight is 239 g/mol. The van der Waals surface area contributed by atoms with E-state index in [0.29, 0.717) is 4.77 Å². The number of aryl methyl sites for hydroxylation is 1. The Morgan fingerprint density at radius 3 is 3.00 bits per heavy atom. The number of nitrogens with one attached hydrogen (secondary N) is 1. The van der Waals surface area contributed by atoms with E-state index in [-0.39, 0.29) is 0 Å². The minimum Gasteiger partial charge on any atom is -0.303 e. The van der Waals surface area contributed by atoms with Gasteiger partial charge < -0.3 is 4.57 Å². The van der Waals surface area contributed by atoms with Crippen molar-refractivity contribution in [1.29, 1.82) is 0 Å². The molecule has 15 heavy (non-hydrogen) atoms. The fourth-order valence-corrected chi connectivity index (χ4v) is 2.58. The Balaban J connectivity index is 2.37. The predicted octanol–water partition coefficient (Wildman–Crippen LogP) is 3.16. The second-order valence-electron chi connectivity index (χ2n) is 3.46. The highest BCUT2D eigenvalue weighted by Crippen LogP contribution is 2.24. The molecule has 2 heterocycles. The average Bonchev–Trinajstić information content (AvgIpc) is 2.77. The third-order valence-electron chi connectivity index (χ3n) is 2.29. The fourth-order valence-electron chi connectivity index (χ4n) is 1.48. The van der Waals surface area contributed by atoms with Crippen molar-refractivity contribution in [2.75, 3.05) is 0 Å². The number of nitrogens with zero attached hydrogens (tertiary/aromatic N) is 2. The number of H-pyrrole nitrogens is 1. The number of hydrogen-bond donors (Lipinski definition) is 1. The molecule has 0 radical (unpaired) electrons. The number of thiophene rings is 1. The first-order valence-corrected chi connectivity index (χ1v) is 6.20. The van der Waals surface area contributed by atoms with Gasteiger partial charge in [-0.05, 0) is 24.7 Å². The molecule has 0 fully saturated rings. The number of aromatic amines is 1. The van der Waals surface area contributed by atoms with Crippen molar-refractivity contribution in [2.45, 2.75) is 19.8 Å². The second-order valence-corrected chi connectivity index (χ2v) is 4.85. The van der Waals surface area contributed by atoms with Crippen LogP contribution in [0, 0.1) is 4.77 Å². The molecule has 0 aliphatic heterocycles. The zero-order valence-electron chi connectivity index (χ0n) is 8.78. The van der Waals surface area contributed by atoms with Crippen LogP contribution < -0.4 is 0 Å². The van der Waals surface area contributed by atoms with Crippen molar-refractivity contribution < 1.29 is 0 Å². The first-order valence-electron chi connectivity index (χ1n) is 4.91. The van der Waals surface area contributed by atoms with Gasteiger partial charge in [0.15, 0.2) is 10.6 Å². The molecule has 0 saturated heterocycles. The lowest BCUT2D eigenvalue weighted by atomic mass is 10.2. The first kappa shape index (κ1) is 10.6. The summed E-state index contributed by atoms with van der Waals surface area (Å²) in [6.07, 6.45) is 2.32. The molecule has 2 aromatic heterocycles. The van der Waals surface area contributed by atoms with Crippen LogP contribution in [0.25, 0.3) is 11.4 Å². The number of aromatic nitrogens is 3. The first-order chi connectivity index (χ1) is 7.22. The molecule has 3 nitrogen and oxygen atoms in total. The summed E-state index contributed by atoms with van der Waals surface area (Å²) in [5.41, 5.74) is 1.15. The van der Waals surface area contributed by atoms with Gasteiger partial charge >= 0.3 is 0 Å². The van der Waals surface area contributed by atoms with Crippen LogP contribution in [0.4, 0.5) is 0 Å². The van der Waals surface area contributed by atoms with Gasteiger partial charge in [-0.1, -0.05) is 13.3 Å². The maximum absolute atomic E-state index is 5.08. The maximum atomic E-state index is 5.08. The van der Waals surface area contributed by atoms with Gasteiger partial charge in [-0.15, -0.1) is 11.3 Å². The van der Waals surface area contributed by atoms with E-state index < -0.39 is 0 Å². The largest absolute Gasteiger partial charge is 0.303 e. The van der Waals surface area contributed by atoms with E-state index in [1.54, 1.807) is 11.3 Å². The molecule has 80 valence electrons. The molecule has 5 heteroatoms. The summed E-state index contributed by atoms with van der Waals surface area (Å²) in [6.45, 7) is 2.19. The van der Waals surface area contributed by atoms with Crippen molar-refractivity contribution in [3.8, 4) is 11.4 Å². The lowest BCUT2D eigenvalue weighted by Crippen LogP contribution is -1.90. The summed E-state index contributed by atoms with van der Waals surface area (Å²) in [4.78, 5) is 1.40. The van der Waals surface area contributed by atoms with Gasteiger partial charge in [0.25, 0.3) is 0 Å². The van der Waals surface area contributed by atoms with Crippen LogP contribution in [0.3, 0.4) is 0 Å². The van der Waals surface area contributed by atoms with Gasteiger partial charge in [-0.25, -0.2) is 0 Å². The highest BCUT2D eigenvalue weighted by molar-refractivity contribution is 7.71. The van der Waals surface area contributed by atoms with E-state index in [2.05, 4.69) is 28.6 Å². The van der Waals surface area contributed by atoms with E-state index in [1.807, 2.05) is 11.6 Å². The highest BCUT2D eigenvalue weighted by Gasteiger charge is 2.07. The molecule has 2 aromatic rings. The van der Waals surface area contributed by atoms with Gasteiger partial charge in [-0.2, -0.15) is 5.10 Å². The molecule has 0 unspecified atom stereocenters. The van der Waals surface area contributed by atoms with Gasteiger partial charge in [-0.3, -0.25) is 5.10 Å². The lowest BCUT2D eigenvalue weighted by Gasteiger charge is -1.95. The van der Waals surface area contributed by atoms with Crippen molar-refractivity contribution in [2.24, 2.45) is 7.05 Å². The molecule has 0 aliphatic carbocycles. The minimum absolute atomic E-state index is 0.660. The smallest absolute Gasteiger partial charge is 0.195 e. The Hall–Kier alpha value is -0.940. The van der Waals surface area contributed by atoms with Crippen molar-refractivity contribution in [3.05, 3.63) is 21.1 Å². The van der Waals surface area contributed by atoms with Gasteiger partial charge in [0.05, 0.1) is 0 Å². The third-order valence-corrected chi connectivity index (χ3v) is 3.65. The summed E-state index contributed by atoms with van der Waals surface area (Å²) < 4.78 is 2.56. The Morgan fingerprint density at radius 1 is 1.60 bits per heavy atom. The van der Waals surface area contributed by atoms with Crippen LogP contribution in [0.1, 0.15) is 18.2 Å². The van der Waals surface area contributed by atoms with Crippen LogP contribution in [0.15, 0.2) is 11.4 Å². The standard InChI is InChI=1S/C10H13N3S2/c1-3-4-8-5-7(6-15-8)9-11-12-10(14)13(9)2/h5-6H,3-4H2,1-2H3,(H,12,14). The zero-order valence-corrected chi connectivity index (χ0v) is 10.4. The predicted molar refractivity (Wildman–Crippen MR) is 65.7 cm³/mol. The van der Waals surface area contributed by atoms with Crippen LogP contribution >= 0.6 is 23.6 Å². The molecule has 0 bridgehead atoms. The monoisotopic (exact) mass is 239 g/mol.